The maximum absolute atomic E-state index is 13.2. The van der Waals surface area contributed by atoms with Crippen LogP contribution in [0.3, 0.4) is 0 Å². The van der Waals surface area contributed by atoms with Gasteiger partial charge in [-0.15, -0.1) is 0 Å². The monoisotopic (exact) mass is 369 g/mol. The van der Waals surface area contributed by atoms with Gasteiger partial charge < -0.3 is 9.64 Å². The number of hydrogen-bond donors (Lipinski definition) is 0. The fourth-order valence-electron chi connectivity index (χ4n) is 4.26. The lowest BCUT2D eigenvalue weighted by molar-refractivity contribution is -0.144. The average molecular weight is 370 g/mol. The molecular weight excluding hydrogens is 338 g/mol. The maximum Gasteiger partial charge on any atom is 0.334 e. The van der Waals surface area contributed by atoms with Gasteiger partial charge in [-0.05, 0) is 37.2 Å². The van der Waals surface area contributed by atoms with Gasteiger partial charge in [0.1, 0.15) is 6.61 Å². The fraction of sp³-hybridized carbons (Fsp3) is 0.565. The van der Waals surface area contributed by atoms with Crippen molar-refractivity contribution >= 4 is 11.9 Å². The van der Waals surface area contributed by atoms with Gasteiger partial charge in [0.15, 0.2) is 0 Å². The standard InChI is InChI=1S/C23H31NO3/c1-18(23(26)27-17-20-12-4-2-5-13-20)21(16-19-10-6-7-11-19)22(25)24-14-8-3-9-15-24/h2,4-5,12-13,19,21H,1,3,6-11,14-17H2. The van der Waals surface area contributed by atoms with Gasteiger partial charge in [0, 0.05) is 18.7 Å². The zero-order valence-electron chi connectivity index (χ0n) is 16.2. The number of hydrogen-bond acceptors (Lipinski definition) is 3. The minimum Gasteiger partial charge on any atom is -0.457 e. The van der Waals surface area contributed by atoms with Crippen LogP contribution in [0.1, 0.15) is 56.9 Å². The van der Waals surface area contributed by atoms with E-state index in [2.05, 4.69) is 6.58 Å². The summed E-state index contributed by atoms with van der Waals surface area (Å²) in [6.07, 6.45) is 8.75. The first-order chi connectivity index (χ1) is 13.1. The van der Waals surface area contributed by atoms with Crippen LogP contribution >= 0.6 is 0 Å². The molecule has 1 atom stereocenters. The van der Waals surface area contributed by atoms with E-state index in [1.165, 1.54) is 19.3 Å². The molecule has 1 aliphatic carbocycles. The normalized spacial score (nSPS) is 18.9. The number of likely N-dealkylation sites (tertiary alicyclic amines) is 1. The van der Waals surface area contributed by atoms with Crippen molar-refractivity contribution in [2.24, 2.45) is 11.8 Å². The molecular formula is C23H31NO3. The van der Waals surface area contributed by atoms with Crippen molar-refractivity contribution in [2.75, 3.05) is 13.1 Å². The van der Waals surface area contributed by atoms with Gasteiger partial charge in [0.05, 0.1) is 5.92 Å². The third kappa shape index (κ3) is 5.44. The molecule has 2 fully saturated rings. The topological polar surface area (TPSA) is 46.6 Å². The number of benzene rings is 1. The summed E-state index contributed by atoms with van der Waals surface area (Å²) in [6.45, 7) is 5.81. The van der Waals surface area contributed by atoms with E-state index in [0.29, 0.717) is 11.5 Å². The summed E-state index contributed by atoms with van der Waals surface area (Å²) in [7, 11) is 0. The van der Waals surface area contributed by atoms with Crippen LogP contribution < -0.4 is 0 Å². The number of carbonyl (C=O) groups is 2. The Balaban J connectivity index is 1.64. The van der Waals surface area contributed by atoms with Crippen LogP contribution in [-0.2, 0) is 20.9 Å². The van der Waals surface area contributed by atoms with Crippen molar-refractivity contribution in [1.29, 1.82) is 0 Å². The van der Waals surface area contributed by atoms with E-state index in [9.17, 15) is 9.59 Å². The van der Waals surface area contributed by atoms with E-state index >= 15 is 0 Å². The zero-order valence-corrected chi connectivity index (χ0v) is 16.2. The highest BCUT2D eigenvalue weighted by Gasteiger charge is 2.34. The molecule has 1 unspecified atom stereocenters. The Labute approximate surface area is 162 Å². The van der Waals surface area contributed by atoms with Crippen LogP contribution in [0.2, 0.25) is 0 Å². The van der Waals surface area contributed by atoms with E-state index in [1.807, 2.05) is 35.2 Å². The molecule has 2 aliphatic rings. The van der Waals surface area contributed by atoms with Crippen molar-refractivity contribution in [3.8, 4) is 0 Å². The lowest BCUT2D eigenvalue weighted by atomic mass is 9.86. The van der Waals surface area contributed by atoms with Crippen LogP contribution in [0.4, 0.5) is 0 Å². The minimum absolute atomic E-state index is 0.0725. The lowest BCUT2D eigenvalue weighted by Gasteiger charge is -2.31. The first kappa shape index (κ1) is 19.7. The van der Waals surface area contributed by atoms with E-state index in [4.69, 9.17) is 4.74 Å². The molecule has 1 aromatic rings. The van der Waals surface area contributed by atoms with Crippen LogP contribution in [0.25, 0.3) is 0 Å². The Morgan fingerprint density at radius 3 is 2.37 bits per heavy atom. The molecule has 0 aromatic heterocycles. The molecule has 4 nitrogen and oxygen atoms in total. The summed E-state index contributed by atoms with van der Waals surface area (Å²) < 4.78 is 5.46. The second kappa shape index (κ2) is 9.72. The molecule has 1 amide bonds. The highest BCUT2D eigenvalue weighted by molar-refractivity contribution is 5.96. The third-order valence-electron chi connectivity index (χ3n) is 5.91. The van der Waals surface area contributed by atoms with E-state index in [1.54, 1.807) is 0 Å². The molecule has 3 rings (SSSR count). The highest BCUT2D eigenvalue weighted by atomic mass is 16.5. The summed E-state index contributed by atoms with van der Waals surface area (Å²) in [5.74, 6) is -0.285. The summed E-state index contributed by atoms with van der Waals surface area (Å²) in [4.78, 5) is 27.7. The summed E-state index contributed by atoms with van der Waals surface area (Å²) >= 11 is 0. The molecule has 0 radical (unpaired) electrons. The number of esters is 1. The van der Waals surface area contributed by atoms with E-state index < -0.39 is 11.9 Å². The number of rotatable bonds is 7. The van der Waals surface area contributed by atoms with Crippen molar-refractivity contribution < 1.29 is 14.3 Å². The number of piperidine rings is 1. The molecule has 1 saturated carbocycles. The Morgan fingerprint density at radius 1 is 1.04 bits per heavy atom. The predicted octanol–water partition coefficient (Wildman–Crippen LogP) is 4.50. The Kier molecular flexibility index (Phi) is 7.08. The second-order valence-corrected chi connectivity index (χ2v) is 7.91. The van der Waals surface area contributed by atoms with E-state index in [0.717, 1.165) is 50.8 Å². The van der Waals surface area contributed by atoms with Gasteiger partial charge in [-0.25, -0.2) is 4.79 Å². The van der Waals surface area contributed by atoms with Crippen molar-refractivity contribution in [1.82, 2.24) is 4.90 Å². The SMILES string of the molecule is C=C(C(=O)OCc1ccccc1)C(CC1CCCC1)C(=O)N1CCCCC1. The Bertz CT molecular complexity index is 643. The van der Waals surface area contributed by atoms with Gasteiger partial charge in [-0.2, -0.15) is 0 Å². The number of ether oxygens (including phenoxy) is 1. The molecule has 1 heterocycles. The van der Waals surface area contributed by atoms with Gasteiger partial charge in [-0.3, -0.25) is 4.79 Å². The molecule has 0 N–H and O–H groups in total. The molecule has 1 aromatic carbocycles. The molecule has 0 bridgehead atoms. The minimum atomic E-state index is -0.438. The van der Waals surface area contributed by atoms with Crippen molar-refractivity contribution in [3.63, 3.8) is 0 Å². The van der Waals surface area contributed by atoms with Crippen LogP contribution in [0, 0.1) is 11.8 Å². The Hall–Kier alpha value is -2.10. The molecule has 27 heavy (non-hydrogen) atoms. The molecule has 4 heteroatoms. The van der Waals surface area contributed by atoms with Gasteiger partial charge in [-0.1, -0.05) is 62.6 Å². The Morgan fingerprint density at radius 2 is 1.70 bits per heavy atom. The first-order valence-electron chi connectivity index (χ1n) is 10.3. The molecule has 0 spiro atoms. The van der Waals surface area contributed by atoms with Gasteiger partial charge in [0.25, 0.3) is 0 Å². The van der Waals surface area contributed by atoms with Crippen LogP contribution in [-0.4, -0.2) is 29.9 Å². The number of amides is 1. The van der Waals surface area contributed by atoms with Gasteiger partial charge >= 0.3 is 5.97 Å². The van der Waals surface area contributed by atoms with Crippen LogP contribution in [0.5, 0.6) is 0 Å². The zero-order chi connectivity index (χ0) is 19.1. The average Bonchev–Trinajstić information content (AvgIpc) is 3.24. The summed E-state index contributed by atoms with van der Waals surface area (Å²) in [6, 6.07) is 9.61. The first-order valence-corrected chi connectivity index (χ1v) is 10.3. The third-order valence-corrected chi connectivity index (χ3v) is 5.91. The molecule has 1 saturated heterocycles. The predicted molar refractivity (Wildman–Crippen MR) is 106 cm³/mol. The second-order valence-electron chi connectivity index (χ2n) is 7.91. The lowest BCUT2D eigenvalue weighted by Crippen LogP contribution is -2.41. The highest BCUT2D eigenvalue weighted by Crippen LogP contribution is 2.34. The quantitative estimate of drug-likeness (QED) is 0.525. The van der Waals surface area contributed by atoms with E-state index in [-0.39, 0.29) is 12.5 Å². The summed E-state index contributed by atoms with van der Waals surface area (Å²) in [5, 5.41) is 0. The molecule has 146 valence electrons. The maximum atomic E-state index is 13.2. The van der Waals surface area contributed by atoms with Crippen molar-refractivity contribution in [3.05, 3.63) is 48.0 Å². The number of nitrogens with zero attached hydrogens (tertiary/aromatic N) is 1. The van der Waals surface area contributed by atoms with Crippen molar-refractivity contribution in [2.45, 2.75) is 58.0 Å². The fourth-order valence-corrected chi connectivity index (χ4v) is 4.26. The largest absolute Gasteiger partial charge is 0.457 e. The molecule has 1 aliphatic heterocycles. The summed E-state index contributed by atoms with van der Waals surface area (Å²) in [5.41, 5.74) is 1.27. The number of carbonyl (C=O) groups excluding carboxylic acids is 2. The van der Waals surface area contributed by atoms with Crippen LogP contribution in [0.15, 0.2) is 42.5 Å². The van der Waals surface area contributed by atoms with Gasteiger partial charge in [0.2, 0.25) is 5.91 Å². The smallest absolute Gasteiger partial charge is 0.334 e.